The van der Waals surface area contributed by atoms with E-state index in [4.69, 9.17) is 16.3 Å². The second-order valence-electron chi connectivity index (χ2n) is 7.53. The van der Waals surface area contributed by atoms with Gasteiger partial charge >= 0.3 is 0 Å². The van der Waals surface area contributed by atoms with Crippen molar-refractivity contribution in [2.45, 2.75) is 17.7 Å². The third-order valence-corrected chi connectivity index (χ3v) is 6.84. The van der Waals surface area contributed by atoms with E-state index in [1.165, 1.54) is 0 Å². The molecule has 0 aromatic heterocycles. The average molecular weight is 509 g/mol. The molecule has 3 aromatic rings. The molecule has 7 nitrogen and oxygen atoms in total. The summed E-state index contributed by atoms with van der Waals surface area (Å²) in [4.78, 5) is 11.8. The van der Waals surface area contributed by atoms with Crippen molar-refractivity contribution in [2.75, 3.05) is 17.9 Å². The predicted molar refractivity (Wildman–Crippen MR) is 123 cm³/mol. The number of phenolic OH excluding ortho intramolecular Hbond substituents is 1. The van der Waals surface area contributed by atoms with E-state index < -0.39 is 43.9 Å². The number of ether oxygens (including phenoxy) is 1. The zero-order valence-corrected chi connectivity index (χ0v) is 19.1. The fourth-order valence-electron chi connectivity index (χ4n) is 3.47. The number of rotatable bonds is 0. The molecule has 0 spiro atoms. The number of fused-ring (bicyclic) bond motifs is 6. The Kier molecular flexibility index (Phi) is 6.63. The van der Waals surface area contributed by atoms with Gasteiger partial charge in [0.15, 0.2) is 5.75 Å². The SMILES string of the molecule is O=C1NCCCCOc2ccccc2-c2cc(c(F)cc2F)NS(=O)(=O)c2cc1cc(Cl)c2O. The number of para-hydroxylation sites is 1. The first-order chi connectivity index (χ1) is 16.2. The topological polar surface area (TPSA) is 105 Å². The van der Waals surface area contributed by atoms with Crippen LogP contribution in [0, 0.1) is 11.6 Å². The molecule has 1 aliphatic heterocycles. The van der Waals surface area contributed by atoms with Crippen molar-refractivity contribution < 1.29 is 31.8 Å². The Labute approximate surface area is 199 Å². The molecule has 0 unspecified atom stereocenters. The molecule has 0 atom stereocenters. The molecule has 34 heavy (non-hydrogen) atoms. The molecule has 0 fully saturated rings. The zero-order valence-electron chi connectivity index (χ0n) is 17.6. The highest BCUT2D eigenvalue weighted by atomic mass is 35.5. The van der Waals surface area contributed by atoms with Crippen molar-refractivity contribution in [3.05, 3.63) is 70.8 Å². The molecule has 1 amide bonds. The summed E-state index contributed by atoms with van der Waals surface area (Å²) in [5, 5.41) is 12.5. The van der Waals surface area contributed by atoms with Gasteiger partial charge in [0.2, 0.25) is 0 Å². The number of halogens is 3. The quantitative estimate of drug-likeness (QED) is 0.408. The van der Waals surface area contributed by atoms with Gasteiger partial charge in [0.25, 0.3) is 15.9 Å². The molecule has 11 heteroatoms. The summed E-state index contributed by atoms with van der Waals surface area (Å²) in [6.45, 7) is 0.535. The number of amides is 1. The van der Waals surface area contributed by atoms with Gasteiger partial charge in [-0.05, 0) is 37.1 Å². The molecule has 0 radical (unpaired) electrons. The Hall–Kier alpha value is -3.37. The summed E-state index contributed by atoms with van der Waals surface area (Å²) in [6.07, 6.45) is 1.10. The molecule has 178 valence electrons. The van der Waals surface area contributed by atoms with Crippen LogP contribution in [0.15, 0.2) is 53.4 Å². The van der Waals surface area contributed by atoms with E-state index in [1.54, 1.807) is 24.3 Å². The van der Waals surface area contributed by atoms with E-state index in [0.29, 0.717) is 30.2 Å². The van der Waals surface area contributed by atoms with Crippen LogP contribution in [-0.2, 0) is 10.0 Å². The third-order valence-electron chi connectivity index (χ3n) is 5.17. The van der Waals surface area contributed by atoms with Crippen molar-refractivity contribution in [1.82, 2.24) is 5.32 Å². The number of hydrogen-bond donors (Lipinski definition) is 3. The van der Waals surface area contributed by atoms with Crippen LogP contribution in [0.4, 0.5) is 14.5 Å². The van der Waals surface area contributed by atoms with Crippen LogP contribution in [0.3, 0.4) is 0 Å². The number of anilines is 1. The van der Waals surface area contributed by atoms with Gasteiger partial charge in [-0.3, -0.25) is 9.52 Å². The van der Waals surface area contributed by atoms with Gasteiger partial charge < -0.3 is 15.2 Å². The maximum atomic E-state index is 14.7. The van der Waals surface area contributed by atoms with Crippen molar-refractivity contribution in [3.63, 3.8) is 0 Å². The van der Waals surface area contributed by atoms with E-state index in [2.05, 4.69) is 5.32 Å². The first-order valence-electron chi connectivity index (χ1n) is 10.2. The second kappa shape index (κ2) is 9.47. The fourth-order valence-corrected chi connectivity index (χ4v) is 4.95. The summed E-state index contributed by atoms with van der Waals surface area (Å²) in [6, 6.07) is 10.1. The van der Waals surface area contributed by atoms with E-state index >= 15 is 0 Å². The van der Waals surface area contributed by atoms with E-state index in [9.17, 15) is 27.1 Å². The molecule has 4 bridgehead atoms. The molecular formula is C23H19ClF2N2O5S. The minimum Gasteiger partial charge on any atom is -0.505 e. The highest BCUT2D eigenvalue weighted by Gasteiger charge is 2.26. The molecular weight excluding hydrogens is 490 g/mol. The van der Waals surface area contributed by atoms with Gasteiger partial charge in [0.05, 0.1) is 17.3 Å². The van der Waals surface area contributed by atoms with Crippen LogP contribution in [0.1, 0.15) is 23.2 Å². The second-order valence-corrected chi connectivity index (χ2v) is 9.59. The van der Waals surface area contributed by atoms with Gasteiger partial charge in [-0.25, -0.2) is 17.2 Å². The summed E-state index contributed by atoms with van der Waals surface area (Å²) in [5.74, 6) is -3.20. The molecule has 3 N–H and O–H groups in total. The number of phenols is 1. The third kappa shape index (κ3) is 4.78. The Bertz CT molecular complexity index is 1380. The number of carbonyl (C=O) groups is 1. The fraction of sp³-hybridized carbons (Fsp3) is 0.174. The Morgan fingerprint density at radius 1 is 1.00 bits per heavy atom. The van der Waals surface area contributed by atoms with Crippen molar-refractivity contribution in [3.8, 4) is 22.6 Å². The van der Waals surface area contributed by atoms with E-state index in [0.717, 1.165) is 18.2 Å². The molecule has 1 heterocycles. The Morgan fingerprint density at radius 2 is 1.76 bits per heavy atom. The molecule has 0 saturated carbocycles. The minimum absolute atomic E-state index is 0.0909. The molecule has 3 aromatic carbocycles. The Morgan fingerprint density at radius 3 is 2.56 bits per heavy atom. The number of benzene rings is 3. The zero-order chi connectivity index (χ0) is 24.5. The van der Waals surface area contributed by atoms with Gasteiger partial charge in [0, 0.05) is 29.3 Å². The lowest BCUT2D eigenvalue weighted by Crippen LogP contribution is -2.25. The standard InChI is InChI=1S/C23H19ClF2N2O5S/c24-16-9-13-10-21(22(16)29)34(31,32)28-19-11-15(17(25)12-18(19)26)14-5-1-2-6-20(14)33-8-4-3-7-27-23(13)30/h1-2,5-6,9-12,28-29H,3-4,7-8H2,(H,27,30). The Balaban J connectivity index is 1.88. The van der Waals surface area contributed by atoms with Gasteiger partial charge in [0.1, 0.15) is 22.3 Å². The van der Waals surface area contributed by atoms with Gasteiger partial charge in [-0.2, -0.15) is 0 Å². The first kappa shape index (κ1) is 23.8. The van der Waals surface area contributed by atoms with Gasteiger partial charge in [-0.15, -0.1) is 0 Å². The lowest BCUT2D eigenvalue weighted by molar-refractivity contribution is 0.0952. The maximum Gasteiger partial charge on any atom is 0.265 e. The summed E-state index contributed by atoms with van der Waals surface area (Å²) < 4.78 is 63.2. The smallest absolute Gasteiger partial charge is 0.265 e. The minimum atomic E-state index is -4.64. The van der Waals surface area contributed by atoms with Gasteiger partial charge in [-0.1, -0.05) is 29.8 Å². The number of nitrogens with one attached hydrogen (secondary N) is 2. The lowest BCUT2D eigenvalue weighted by Gasteiger charge is -2.15. The van der Waals surface area contributed by atoms with Crippen LogP contribution in [0.25, 0.3) is 11.1 Å². The van der Waals surface area contributed by atoms with Crippen molar-refractivity contribution in [1.29, 1.82) is 0 Å². The van der Waals surface area contributed by atoms with Crippen LogP contribution >= 0.6 is 11.6 Å². The monoisotopic (exact) mass is 508 g/mol. The summed E-state index contributed by atoms with van der Waals surface area (Å²) >= 11 is 5.96. The first-order valence-corrected chi connectivity index (χ1v) is 12.1. The number of aromatic hydroxyl groups is 1. The van der Waals surface area contributed by atoms with E-state index in [1.807, 2.05) is 4.72 Å². The number of sulfonamides is 1. The van der Waals surface area contributed by atoms with Crippen LogP contribution < -0.4 is 14.8 Å². The average Bonchev–Trinajstić information content (AvgIpc) is 2.79. The summed E-state index contributed by atoms with van der Waals surface area (Å²) in [5.41, 5.74) is -0.477. The highest BCUT2D eigenvalue weighted by Crippen LogP contribution is 2.37. The van der Waals surface area contributed by atoms with Crippen LogP contribution in [-0.4, -0.2) is 32.6 Å². The predicted octanol–water partition coefficient (Wildman–Crippen LogP) is 4.69. The normalized spacial score (nSPS) is 15.8. The number of carbonyl (C=O) groups excluding carboxylic acids is 1. The van der Waals surface area contributed by atoms with Crippen molar-refractivity contribution >= 4 is 33.2 Å². The molecule has 0 aliphatic carbocycles. The highest BCUT2D eigenvalue weighted by molar-refractivity contribution is 7.92. The van der Waals surface area contributed by atoms with Crippen LogP contribution in [0.5, 0.6) is 11.5 Å². The summed E-state index contributed by atoms with van der Waals surface area (Å²) in [7, 11) is -4.64. The lowest BCUT2D eigenvalue weighted by atomic mass is 10.0. The van der Waals surface area contributed by atoms with E-state index in [-0.39, 0.29) is 29.3 Å². The van der Waals surface area contributed by atoms with Crippen LogP contribution in [0.2, 0.25) is 5.02 Å². The molecule has 0 saturated heterocycles. The maximum absolute atomic E-state index is 14.7. The molecule has 4 rings (SSSR count). The number of hydrogen-bond acceptors (Lipinski definition) is 5. The largest absolute Gasteiger partial charge is 0.505 e. The molecule has 1 aliphatic rings. The van der Waals surface area contributed by atoms with Crippen molar-refractivity contribution in [2.24, 2.45) is 0 Å².